The maximum absolute atomic E-state index is 12.7. The van der Waals surface area contributed by atoms with E-state index in [2.05, 4.69) is 5.32 Å². The van der Waals surface area contributed by atoms with E-state index in [1.54, 1.807) is 24.3 Å². The third kappa shape index (κ3) is 5.38. The number of imide groups is 1. The number of nitrogens with zero attached hydrogens (tertiary/aromatic N) is 1. The molecule has 2 aromatic rings. The molecule has 1 saturated heterocycles. The van der Waals surface area contributed by atoms with Crippen LogP contribution in [-0.4, -0.2) is 35.3 Å². The van der Waals surface area contributed by atoms with Gasteiger partial charge < -0.3 is 10.1 Å². The van der Waals surface area contributed by atoms with Crippen LogP contribution in [0.1, 0.15) is 25.3 Å². The topological polar surface area (TPSA) is 75.7 Å². The van der Waals surface area contributed by atoms with Gasteiger partial charge in [0.05, 0.1) is 17.5 Å². The number of hydrogen-bond donors (Lipinski definition) is 1. The van der Waals surface area contributed by atoms with E-state index in [1.165, 1.54) is 16.7 Å². The molecule has 6 nitrogen and oxygen atoms in total. The third-order valence-electron chi connectivity index (χ3n) is 4.49. The second kappa shape index (κ2) is 9.60. The van der Waals surface area contributed by atoms with Crippen LogP contribution in [0.25, 0.3) is 0 Å². The van der Waals surface area contributed by atoms with Gasteiger partial charge in [0.1, 0.15) is 5.75 Å². The van der Waals surface area contributed by atoms with Crippen LogP contribution < -0.4 is 15.0 Å². The number of benzene rings is 2. The van der Waals surface area contributed by atoms with Crippen LogP contribution in [0.4, 0.5) is 11.4 Å². The highest BCUT2D eigenvalue weighted by atomic mass is 32.2. The average molecular weight is 413 g/mol. The van der Waals surface area contributed by atoms with E-state index in [4.69, 9.17) is 4.74 Å². The SMILES string of the molecule is CCOc1ccc(N2C(=O)CC(SCCC(=O)Nc3ccc(C)cc3)C2=O)cc1. The molecule has 0 aliphatic carbocycles. The number of nitrogens with one attached hydrogen (secondary N) is 1. The van der Waals surface area contributed by atoms with Crippen molar-refractivity contribution >= 4 is 40.9 Å². The molecule has 3 amide bonds. The molecular weight excluding hydrogens is 388 g/mol. The van der Waals surface area contributed by atoms with E-state index in [9.17, 15) is 14.4 Å². The number of carbonyl (C=O) groups is 3. The second-order valence-corrected chi connectivity index (χ2v) is 8.03. The summed E-state index contributed by atoms with van der Waals surface area (Å²) in [5.74, 6) is 0.601. The monoisotopic (exact) mass is 412 g/mol. The average Bonchev–Trinajstić information content (AvgIpc) is 2.98. The fourth-order valence-corrected chi connectivity index (χ4v) is 4.11. The molecule has 1 aliphatic rings. The lowest BCUT2D eigenvalue weighted by atomic mass is 10.2. The van der Waals surface area contributed by atoms with Gasteiger partial charge in [-0.15, -0.1) is 11.8 Å². The first-order chi connectivity index (χ1) is 14.0. The Morgan fingerprint density at radius 1 is 1.14 bits per heavy atom. The quantitative estimate of drug-likeness (QED) is 0.668. The van der Waals surface area contributed by atoms with Gasteiger partial charge in [0.25, 0.3) is 0 Å². The molecule has 0 radical (unpaired) electrons. The smallest absolute Gasteiger partial charge is 0.247 e. The lowest BCUT2D eigenvalue weighted by Crippen LogP contribution is -2.31. The Labute approximate surface area is 174 Å². The fraction of sp³-hybridized carbons (Fsp3) is 0.318. The molecule has 1 N–H and O–H groups in total. The molecule has 0 spiro atoms. The maximum Gasteiger partial charge on any atom is 0.247 e. The lowest BCUT2D eigenvalue weighted by Gasteiger charge is -2.15. The summed E-state index contributed by atoms with van der Waals surface area (Å²) in [6.07, 6.45) is 0.426. The van der Waals surface area contributed by atoms with Crippen LogP contribution in [0.5, 0.6) is 5.75 Å². The van der Waals surface area contributed by atoms with Crippen LogP contribution >= 0.6 is 11.8 Å². The predicted molar refractivity (Wildman–Crippen MR) is 115 cm³/mol. The van der Waals surface area contributed by atoms with Gasteiger partial charge in [-0.1, -0.05) is 17.7 Å². The van der Waals surface area contributed by atoms with Crippen molar-refractivity contribution in [2.75, 3.05) is 22.6 Å². The Morgan fingerprint density at radius 3 is 2.48 bits per heavy atom. The van der Waals surface area contributed by atoms with Crippen LogP contribution in [0, 0.1) is 6.92 Å². The molecule has 152 valence electrons. The second-order valence-electron chi connectivity index (χ2n) is 6.72. The van der Waals surface area contributed by atoms with Crippen molar-refractivity contribution in [1.82, 2.24) is 0 Å². The highest BCUT2D eigenvalue weighted by molar-refractivity contribution is 8.00. The standard InChI is InChI=1S/C22H24N2O4S/c1-3-28-18-10-8-17(9-11-18)24-21(26)14-19(22(24)27)29-13-12-20(25)23-16-6-4-15(2)5-7-16/h4-11,19H,3,12-14H2,1-2H3,(H,23,25). The van der Waals surface area contributed by atoms with Crippen molar-refractivity contribution in [3.8, 4) is 5.75 Å². The van der Waals surface area contributed by atoms with Crippen molar-refractivity contribution in [2.24, 2.45) is 0 Å². The lowest BCUT2D eigenvalue weighted by molar-refractivity contribution is -0.121. The molecule has 1 fully saturated rings. The largest absolute Gasteiger partial charge is 0.494 e. The summed E-state index contributed by atoms with van der Waals surface area (Å²) in [5.41, 5.74) is 2.42. The predicted octanol–water partition coefficient (Wildman–Crippen LogP) is 3.79. The molecule has 1 unspecified atom stereocenters. The zero-order chi connectivity index (χ0) is 20.8. The number of hydrogen-bond acceptors (Lipinski definition) is 5. The third-order valence-corrected chi connectivity index (χ3v) is 5.71. The van der Waals surface area contributed by atoms with Gasteiger partial charge in [-0.2, -0.15) is 0 Å². The number of anilines is 2. The molecule has 0 bridgehead atoms. The van der Waals surface area contributed by atoms with E-state index in [0.717, 1.165) is 11.3 Å². The van der Waals surface area contributed by atoms with Crippen molar-refractivity contribution in [1.29, 1.82) is 0 Å². The first-order valence-corrected chi connectivity index (χ1v) is 10.6. The number of aryl methyl sites for hydroxylation is 1. The van der Waals surface area contributed by atoms with Crippen LogP contribution in [0.15, 0.2) is 48.5 Å². The Bertz CT molecular complexity index is 881. The molecule has 0 aromatic heterocycles. The molecule has 1 atom stereocenters. The molecule has 3 rings (SSSR count). The summed E-state index contributed by atoms with van der Waals surface area (Å²) in [7, 11) is 0. The zero-order valence-electron chi connectivity index (χ0n) is 16.5. The minimum Gasteiger partial charge on any atom is -0.494 e. The van der Waals surface area contributed by atoms with Crippen molar-refractivity contribution in [2.45, 2.75) is 31.9 Å². The molecule has 1 aliphatic heterocycles. The van der Waals surface area contributed by atoms with Gasteiger partial charge in [0.15, 0.2) is 0 Å². The van der Waals surface area contributed by atoms with Gasteiger partial charge in [-0.25, -0.2) is 4.90 Å². The summed E-state index contributed by atoms with van der Waals surface area (Å²) in [6.45, 7) is 4.43. The van der Waals surface area contributed by atoms with E-state index < -0.39 is 5.25 Å². The highest BCUT2D eigenvalue weighted by Crippen LogP contribution is 2.31. The van der Waals surface area contributed by atoms with Crippen molar-refractivity contribution < 1.29 is 19.1 Å². The number of amides is 3. The fourth-order valence-electron chi connectivity index (χ4n) is 3.02. The zero-order valence-corrected chi connectivity index (χ0v) is 17.3. The minimum atomic E-state index is -0.457. The van der Waals surface area contributed by atoms with E-state index in [0.29, 0.717) is 23.8 Å². The van der Waals surface area contributed by atoms with Crippen LogP contribution in [0.2, 0.25) is 0 Å². The van der Waals surface area contributed by atoms with Gasteiger partial charge in [-0.05, 0) is 50.2 Å². The first-order valence-electron chi connectivity index (χ1n) is 9.55. The van der Waals surface area contributed by atoms with Gasteiger partial charge in [0, 0.05) is 24.3 Å². The molecule has 29 heavy (non-hydrogen) atoms. The number of thioether (sulfide) groups is 1. The normalized spacial score (nSPS) is 16.2. The molecule has 2 aromatic carbocycles. The number of ether oxygens (including phenoxy) is 1. The molecular formula is C22H24N2O4S. The number of carbonyl (C=O) groups excluding carboxylic acids is 3. The minimum absolute atomic E-state index is 0.110. The summed E-state index contributed by atoms with van der Waals surface area (Å²) >= 11 is 1.35. The van der Waals surface area contributed by atoms with Gasteiger partial charge in [-0.3, -0.25) is 14.4 Å². The Balaban J connectivity index is 1.50. The highest BCUT2D eigenvalue weighted by Gasteiger charge is 2.39. The Morgan fingerprint density at radius 2 is 1.83 bits per heavy atom. The molecule has 7 heteroatoms. The first kappa shape index (κ1) is 20.9. The van der Waals surface area contributed by atoms with E-state index in [1.807, 2.05) is 38.1 Å². The van der Waals surface area contributed by atoms with Crippen LogP contribution in [0.3, 0.4) is 0 Å². The summed E-state index contributed by atoms with van der Waals surface area (Å²) in [4.78, 5) is 38.3. The van der Waals surface area contributed by atoms with E-state index >= 15 is 0 Å². The van der Waals surface area contributed by atoms with Gasteiger partial charge in [0.2, 0.25) is 17.7 Å². The van der Waals surface area contributed by atoms with Crippen molar-refractivity contribution in [3.63, 3.8) is 0 Å². The Kier molecular flexibility index (Phi) is 6.93. The molecule has 0 saturated carbocycles. The van der Waals surface area contributed by atoms with E-state index in [-0.39, 0.29) is 30.6 Å². The number of rotatable bonds is 8. The van der Waals surface area contributed by atoms with Gasteiger partial charge >= 0.3 is 0 Å². The summed E-state index contributed by atoms with van der Waals surface area (Å²) in [6, 6.07) is 14.5. The van der Waals surface area contributed by atoms with Crippen LogP contribution in [-0.2, 0) is 14.4 Å². The Hall–Kier alpha value is -2.80. The summed E-state index contributed by atoms with van der Waals surface area (Å²) < 4.78 is 5.39. The summed E-state index contributed by atoms with van der Waals surface area (Å²) in [5, 5.41) is 2.38. The van der Waals surface area contributed by atoms with Crippen molar-refractivity contribution in [3.05, 3.63) is 54.1 Å². The molecule has 1 heterocycles. The maximum atomic E-state index is 12.7.